The van der Waals surface area contributed by atoms with Crippen molar-refractivity contribution in [3.63, 3.8) is 0 Å². The van der Waals surface area contributed by atoms with Crippen LogP contribution in [0.1, 0.15) is 34.1 Å². The van der Waals surface area contributed by atoms with Gasteiger partial charge in [0.25, 0.3) is 0 Å². The van der Waals surface area contributed by atoms with Crippen molar-refractivity contribution in [3.8, 4) is 0 Å². The zero-order valence-electron chi connectivity index (χ0n) is 10.5. The molecule has 0 atom stereocenters. The van der Waals surface area contributed by atoms with Gasteiger partial charge in [-0.05, 0) is 27.7 Å². The van der Waals surface area contributed by atoms with Crippen molar-refractivity contribution in [1.29, 1.82) is 0 Å². The Balaban J connectivity index is 2.19. The molecule has 0 aromatic rings. The predicted octanol–water partition coefficient (Wildman–Crippen LogP) is 3.44. The summed E-state index contributed by atoms with van der Waals surface area (Å²) in [5.41, 5.74) is -0.731. The Bertz CT molecular complexity index is 359. The van der Waals surface area contributed by atoms with E-state index >= 15 is 0 Å². The molecule has 0 unspecified atom stereocenters. The normalized spacial score (nSPS) is 26.9. The summed E-state index contributed by atoms with van der Waals surface area (Å²) in [5.74, 6) is 0. The average Bonchev–Trinajstić information content (AvgIpc) is 2.34. The first kappa shape index (κ1) is 13.3. The SMILES string of the molecule is CC1(C)OB(N2C=C(Cl)CC(Cl)=C2)OC1(C)C. The summed E-state index contributed by atoms with van der Waals surface area (Å²) < 4.78 is 11.8. The lowest BCUT2D eigenvalue weighted by atomic mass is 9.90. The van der Waals surface area contributed by atoms with E-state index in [1.807, 2.05) is 27.7 Å². The number of allylic oxidation sites excluding steroid dienone is 2. The third kappa shape index (κ3) is 2.50. The minimum atomic E-state index is -0.484. The van der Waals surface area contributed by atoms with Crippen LogP contribution in [-0.4, -0.2) is 23.3 Å². The van der Waals surface area contributed by atoms with Crippen LogP contribution in [0, 0.1) is 0 Å². The fourth-order valence-corrected chi connectivity index (χ4v) is 2.25. The van der Waals surface area contributed by atoms with Gasteiger partial charge in [0.1, 0.15) is 0 Å². The van der Waals surface area contributed by atoms with Crippen LogP contribution < -0.4 is 0 Å². The number of halogens is 2. The number of hydrogen-bond acceptors (Lipinski definition) is 3. The van der Waals surface area contributed by atoms with Gasteiger partial charge in [-0.3, -0.25) is 0 Å². The molecule has 94 valence electrons. The zero-order chi connectivity index (χ0) is 12.8. The molecule has 2 heterocycles. The number of hydrogen-bond donors (Lipinski definition) is 0. The molecule has 0 amide bonds. The summed E-state index contributed by atoms with van der Waals surface area (Å²) in [6.07, 6.45) is 4.14. The topological polar surface area (TPSA) is 21.7 Å². The van der Waals surface area contributed by atoms with Crippen LogP contribution in [0.4, 0.5) is 0 Å². The molecule has 2 rings (SSSR count). The van der Waals surface area contributed by atoms with E-state index in [1.54, 1.807) is 17.2 Å². The second kappa shape index (κ2) is 4.20. The lowest BCUT2D eigenvalue weighted by Gasteiger charge is -2.32. The Morgan fingerprint density at radius 3 is 1.88 bits per heavy atom. The van der Waals surface area contributed by atoms with Crippen molar-refractivity contribution < 1.29 is 9.31 Å². The van der Waals surface area contributed by atoms with E-state index in [4.69, 9.17) is 32.5 Å². The third-order valence-corrected chi connectivity index (χ3v) is 3.86. The largest absolute Gasteiger partial charge is 0.598 e. The highest BCUT2D eigenvalue weighted by atomic mass is 35.5. The van der Waals surface area contributed by atoms with Crippen molar-refractivity contribution in [2.75, 3.05) is 0 Å². The number of rotatable bonds is 1. The highest BCUT2D eigenvalue weighted by Gasteiger charge is 2.53. The Labute approximate surface area is 113 Å². The molecule has 17 heavy (non-hydrogen) atoms. The van der Waals surface area contributed by atoms with Crippen molar-refractivity contribution in [2.45, 2.75) is 45.3 Å². The summed E-state index contributed by atoms with van der Waals surface area (Å²) in [7, 11) is -0.484. The van der Waals surface area contributed by atoms with Crippen LogP contribution in [0.5, 0.6) is 0 Å². The minimum absolute atomic E-state index is 0.365. The van der Waals surface area contributed by atoms with Crippen molar-refractivity contribution in [1.82, 2.24) is 4.81 Å². The van der Waals surface area contributed by atoms with Crippen LogP contribution in [0.25, 0.3) is 0 Å². The van der Waals surface area contributed by atoms with Gasteiger partial charge in [-0.1, -0.05) is 23.2 Å². The summed E-state index contributed by atoms with van der Waals surface area (Å²) >= 11 is 12.0. The van der Waals surface area contributed by atoms with E-state index in [2.05, 4.69) is 0 Å². The molecule has 0 aromatic carbocycles. The second-order valence-corrected chi connectivity index (χ2v) is 6.31. The van der Waals surface area contributed by atoms with E-state index in [9.17, 15) is 0 Å². The molecule has 6 heteroatoms. The van der Waals surface area contributed by atoms with Gasteiger partial charge in [-0.2, -0.15) is 0 Å². The maximum absolute atomic E-state index is 6.01. The Morgan fingerprint density at radius 2 is 1.47 bits per heavy atom. The summed E-state index contributed by atoms with van der Waals surface area (Å²) in [5, 5.41) is 1.35. The predicted molar refractivity (Wildman–Crippen MR) is 70.4 cm³/mol. The highest BCUT2D eigenvalue weighted by molar-refractivity contribution is 6.44. The van der Waals surface area contributed by atoms with Gasteiger partial charge in [-0.25, -0.2) is 0 Å². The molecule has 0 saturated carbocycles. The van der Waals surface area contributed by atoms with Crippen LogP contribution >= 0.6 is 23.2 Å². The van der Waals surface area contributed by atoms with Gasteiger partial charge in [0.05, 0.1) is 11.2 Å². The molecule has 0 aromatic heterocycles. The first-order valence-electron chi connectivity index (χ1n) is 5.57. The van der Waals surface area contributed by atoms with Crippen molar-refractivity contribution >= 4 is 30.5 Å². The molecule has 3 nitrogen and oxygen atoms in total. The number of nitrogens with zero attached hydrogens (tertiary/aromatic N) is 1. The molecule has 0 radical (unpaired) electrons. The van der Waals surface area contributed by atoms with Gasteiger partial charge in [0.2, 0.25) is 0 Å². The van der Waals surface area contributed by atoms with Gasteiger partial charge in [0.15, 0.2) is 0 Å². The van der Waals surface area contributed by atoms with Crippen LogP contribution in [0.15, 0.2) is 22.5 Å². The Kier molecular flexibility index (Phi) is 3.28. The molecule has 1 fully saturated rings. The van der Waals surface area contributed by atoms with E-state index < -0.39 is 7.25 Å². The van der Waals surface area contributed by atoms with Crippen LogP contribution in [0.2, 0.25) is 0 Å². The maximum atomic E-state index is 6.01. The van der Waals surface area contributed by atoms with E-state index in [0.29, 0.717) is 16.5 Å². The first-order valence-corrected chi connectivity index (χ1v) is 6.32. The summed E-state index contributed by atoms with van der Waals surface area (Å²) in [4.78, 5) is 1.77. The monoisotopic (exact) mass is 275 g/mol. The minimum Gasteiger partial charge on any atom is -0.384 e. The molecule has 1 saturated heterocycles. The summed E-state index contributed by atoms with van der Waals surface area (Å²) in [6.45, 7) is 8.03. The van der Waals surface area contributed by atoms with Gasteiger partial charge in [-0.15, -0.1) is 0 Å². The molecular formula is C11H16BCl2NO2. The lowest BCUT2D eigenvalue weighted by Crippen LogP contribution is -2.41. The second-order valence-electron chi connectivity index (χ2n) is 5.34. The molecule has 2 aliphatic heterocycles. The quantitative estimate of drug-likeness (QED) is 0.685. The summed E-state index contributed by atoms with van der Waals surface area (Å²) in [6, 6.07) is 0. The van der Waals surface area contributed by atoms with Crippen LogP contribution in [-0.2, 0) is 9.31 Å². The average molecular weight is 276 g/mol. The van der Waals surface area contributed by atoms with Crippen molar-refractivity contribution in [2.24, 2.45) is 0 Å². The zero-order valence-corrected chi connectivity index (χ0v) is 12.0. The fraction of sp³-hybridized carbons (Fsp3) is 0.636. The molecule has 2 aliphatic rings. The van der Waals surface area contributed by atoms with E-state index in [0.717, 1.165) is 0 Å². The first-order chi connectivity index (χ1) is 7.71. The molecule has 0 N–H and O–H groups in total. The van der Waals surface area contributed by atoms with E-state index in [-0.39, 0.29) is 11.2 Å². The Morgan fingerprint density at radius 1 is 1.06 bits per heavy atom. The fourth-order valence-electron chi connectivity index (χ4n) is 1.67. The van der Waals surface area contributed by atoms with Gasteiger partial charge in [0, 0.05) is 28.9 Å². The molecule has 0 spiro atoms. The van der Waals surface area contributed by atoms with Gasteiger partial charge >= 0.3 is 7.25 Å². The Hall–Kier alpha value is -0.155. The van der Waals surface area contributed by atoms with E-state index in [1.165, 1.54) is 0 Å². The third-order valence-electron chi connectivity index (χ3n) is 3.40. The highest BCUT2D eigenvalue weighted by Crippen LogP contribution is 2.39. The van der Waals surface area contributed by atoms with Gasteiger partial charge < -0.3 is 14.1 Å². The molecular weight excluding hydrogens is 260 g/mol. The van der Waals surface area contributed by atoms with Crippen molar-refractivity contribution in [3.05, 3.63) is 22.5 Å². The molecule has 0 bridgehead atoms. The standard InChI is InChI=1S/C11H16BCl2NO2/c1-10(2)11(3,4)17-12(16-10)15-6-8(13)5-9(14)7-15/h6-7H,5H2,1-4H3. The molecule has 0 aliphatic carbocycles. The van der Waals surface area contributed by atoms with Crippen LogP contribution in [0.3, 0.4) is 0 Å². The maximum Gasteiger partial charge on any atom is 0.598 e. The smallest absolute Gasteiger partial charge is 0.384 e. The lowest BCUT2D eigenvalue weighted by molar-refractivity contribution is 0.00578.